The largest absolute Gasteiger partial charge is 0.481 e. The quantitative estimate of drug-likeness (QED) is 0.655. The molecule has 3 rings (SSSR count). The summed E-state index contributed by atoms with van der Waals surface area (Å²) in [5.74, 6) is -1.15. The van der Waals surface area contributed by atoms with Gasteiger partial charge < -0.3 is 10.0 Å². The van der Waals surface area contributed by atoms with Gasteiger partial charge in [0.1, 0.15) is 0 Å². The van der Waals surface area contributed by atoms with Crippen molar-refractivity contribution < 1.29 is 9.90 Å². The lowest BCUT2D eigenvalue weighted by Gasteiger charge is -2.25. The second-order valence-electron chi connectivity index (χ2n) is 6.12. The van der Waals surface area contributed by atoms with Crippen molar-refractivity contribution in [3.8, 4) is 0 Å². The standard InChI is InChI=1S/C22H21NO2/c1-17(22(24)25)16-18-12-14-21(15-13-18)23(19-8-4-2-5-9-19)20-10-6-3-7-11-20/h2-15,17H,16H2,1H3,(H,24,25). The van der Waals surface area contributed by atoms with Crippen LogP contribution in [0.25, 0.3) is 0 Å². The van der Waals surface area contributed by atoms with Gasteiger partial charge in [0, 0.05) is 17.1 Å². The normalized spacial score (nSPS) is 11.7. The SMILES string of the molecule is CC(Cc1ccc(N(c2ccccc2)c2ccccc2)cc1)C(=O)O. The lowest BCUT2D eigenvalue weighted by Crippen LogP contribution is -2.13. The van der Waals surface area contributed by atoms with Gasteiger partial charge in [-0.1, -0.05) is 55.5 Å². The highest BCUT2D eigenvalue weighted by atomic mass is 16.4. The molecule has 0 heterocycles. The van der Waals surface area contributed by atoms with Crippen LogP contribution in [0.5, 0.6) is 0 Å². The van der Waals surface area contributed by atoms with Gasteiger partial charge in [-0.25, -0.2) is 0 Å². The Morgan fingerprint density at radius 1 is 0.800 bits per heavy atom. The summed E-state index contributed by atoms with van der Waals surface area (Å²) in [6, 6.07) is 28.5. The zero-order valence-electron chi connectivity index (χ0n) is 14.2. The van der Waals surface area contributed by atoms with Crippen molar-refractivity contribution in [1.29, 1.82) is 0 Å². The molecule has 25 heavy (non-hydrogen) atoms. The van der Waals surface area contributed by atoms with Crippen LogP contribution < -0.4 is 4.90 Å². The number of carboxylic acid groups (broad SMARTS) is 1. The van der Waals surface area contributed by atoms with Crippen molar-refractivity contribution in [3.05, 3.63) is 90.5 Å². The van der Waals surface area contributed by atoms with Crippen LogP contribution in [-0.2, 0) is 11.2 Å². The first kappa shape index (κ1) is 16.8. The number of hydrogen-bond acceptors (Lipinski definition) is 2. The van der Waals surface area contributed by atoms with Gasteiger partial charge in [0.15, 0.2) is 0 Å². The number of hydrogen-bond donors (Lipinski definition) is 1. The number of benzene rings is 3. The first-order valence-electron chi connectivity index (χ1n) is 8.37. The molecular weight excluding hydrogens is 310 g/mol. The van der Waals surface area contributed by atoms with Crippen molar-refractivity contribution in [3.63, 3.8) is 0 Å². The van der Waals surface area contributed by atoms with E-state index in [1.165, 1.54) is 0 Å². The Labute approximate surface area is 148 Å². The second-order valence-corrected chi connectivity index (χ2v) is 6.12. The van der Waals surface area contributed by atoms with Crippen molar-refractivity contribution in [2.24, 2.45) is 5.92 Å². The number of nitrogens with zero attached hydrogens (tertiary/aromatic N) is 1. The highest BCUT2D eigenvalue weighted by Crippen LogP contribution is 2.34. The molecule has 3 heteroatoms. The molecule has 1 N–H and O–H groups in total. The van der Waals surface area contributed by atoms with E-state index >= 15 is 0 Å². The lowest BCUT2D eigenvalue weighted by molar-refractivity contribution is -0.141. The average molecular weight is 331 g/mol. The molecule has 0 radical (unpaired) electrons. The number of anilines is 3. The van der Waals surface area contributed by atoms with Crippen molar-refractivity contribution >= 4 is 23.0 Å². The Hall–Kier alpha value is -3.07. The first-order valence-corrected chi connectivity index (χ1v) is 8.37. The number of rotatable bonds is 6. The number of carbonyl (C=O) groups is 1. The molecule has 3 aromatic rings. The molecule has 1 atom stereocenters. The fourth-order valence-electron chi connectivity index (χ4n) is 2.82. The molecule has 0 bridgehead atoms. The van der Waals surface area contributed by atoms with E-state index in [0.717, 1.165) is 22.6 Å². The number of carboxylic acids is 1. The Balaban J connectivity index is 1.93. The summed E-state index contributed by atoms with van der Waals surface area (Å²) in [5.41, 5.74) is 4.24. The van der Waals surface area contributed by atoms with Crippen LogP contribution in [0.3, 0.4) is 0 Å². The summed E-state index contributed by atoms with van der Waals surface area (Å²) in [7, 11) is 0. The van der Waals surface area contributed by atoms with E-state index in [0.29, 0.717) is 6.42 Å². The minimum absolute atomic E-state index is 0.384. The molecule has 0 aliphatic carbocycles. The van der Waals surface area contributed by atoms with Gasteiger partial charge in [-0.3, -0.25) is 4.79 Å². The lowest BCUT2D eigenvalue weighted by atomic mass is 10.0. The maximum atomic E-state index is 11.0. The van der Waals surface area contributed by atoms with Crippen LogP contribution in [0, 0.1) is 5.92 Å². The molecule has 126 valence electrons. The molecule has 0 aliphatic rings. The molecule has 3 aromatic carbocycles. The van der Waals surface area contributed by atoms with Crippen LogP contribution in [0.2, 0.25) is 0 Å². The zero-order chi connectivity index (χ0) is 17.6. The molecule has 0 aliphatic heterocycles. The van der Waals surface area contributed by atoms with Gasteiger partial charge in [-0.15, -0.1) is 0 Å². The van der Waals surface area contributed by atoms with E-state index in [-0.39, 0.29) is 5.92 Å². The van der Waals surface area contributed by atoms with E-state index in [2.05, 4.69) is 29.2 Å². The number of para-hydroxylation sites is 2. The van der Waals surface area contributed by atoms with Crippen molar-refractivity contribution in [2.45, 2.75) is 13.3 Å². The maximum absolute atomic E-state index is 11.0. The van der Waals surface area contributed by atoms with Crippen molar-refractivity contribution in [2.75, 3.05) is 4.90 Å². The van der Waals surface area contributed by atoms with Crippen LogP contribution in [-0.4, -0.2) is 11.1 Å². The molecule has 0 aromatic heterocycles. The van der Waals surface area contributed by atoms with Crippen LogP contribution in [0.4, 0.5) is 17.1 Å². The van der Waals surface area contributed by atoms with E-state index in [1.807, 2.05) is 60.7 Å². The van der Waals surface area contributed by atoms with Crippen LogP contribution in [0.1, 0.15) is 12.5 Å². The summed E-state index contributed by atoms with van der Waals surface area (Å²) < 4.78 is 0. The van der Waals surface area contributed by atoms with Crippen LogP contribution in [0.15, 0.2) is 84.9 Å². The molecule has 0 spiro atoms. The summed E-state index contributed by atoms with van der Waals surface area (Å²) in [4.78, 5) is 13.2. The summed E-state index contributed by atoms with van der Waals surface area (Å²) >= 11 is 0. The van der Waals surface area contributed by atoms with Crippen molar-refractivity contribution in [1.82, 2.24) is 0 Å². The Kier molecular flexibility index (Phi) is 5.14. The summed E-state index contributed by atoms with van der Waals surface area (Å²) in [5, 5.41) is 9.08. The predicted octanol–water partition coefficient (Wildman–Crippen LogP) is 5.42. The molecule has 0 fully saturated rings. The zero-order valence-corrected chi connectivity index (χ0v) is 14.2. The minimum atomic E-state index is -0.765. The molecule has 0 saturated heterocycles. The van der Waals surface area contributed by atoms with Gasteiger partial charge in [0.2, 0.25) is 0 Å². The van der Waals surface area contributed by atoms with Crippen LogP contribution >= 0.6 is 0 Å². The fraction of sp³-hybridized carbons (Fsp3) is 0.136. The highest BCUT2D eigenvalue weighted by Gasteiger charge is 2.14. The second kappa shape index (κ2) is 7.67. The smallest absolute Gasteiger partial charge is 0.306 e. The third-order valence-corrected chi connectivity index (χ3v) is 4.19. The van der Waals surface area contributed by atoms with E-state index in [9.17, 15) is 4.79 Å². The highest BCUT2D eigenvalue weighted by molar-refractivity contribution is 5.76. The third kappa shape index (κ3) is 4.07. The topological polar surface area (TPSA) is 40.5 Å². The van der Waals surface area contributed by atoms with Gasteiger partial charge in [-0.2, -0.15) is 0 Å². The van der Waals surface area contributed by atoms with E-state index in [1.54, 1.807) is 6.92 Å². The van der Waals surface area contributed by atoms with E-state index in [4.69, 9.17) is 5.11 Å². The molecular formula is C22H21NO2. The Bertz CT molecular complexity index is 774. The Morgan fingerprint density at radius 3 is 1.68 bits per heavy atom. The first-order chi connectivity index (χ1) is 12.1. The monoisotopic (exact) mass is 331 g/mol. The van der Waals surface area contributed by atoms with Gasteiger partial charge in [0.25, 0.3) is 0 Å². The Morgan fingerprint density at radius 2 is 1.24 bits per heavy atom. The van der Waals surface area contributed by atoms with E-state index < -0.39 is 5.97 Å². The molecule has 0 saturated carbocycles. The minimum Gasteiger partial charge on any atom is -0.481 e. The predicted molar refractivity (Wildman–Crippen MR) is 102 cm³/mol. The maximum Gasteiger partial charge on any atom is 0.306 e. The molecule has 0 amide bonds. The van der Waals surface area contributed by atoms with Gasteiger partial charge >= 0.3 is 5.97 Å². The van der Waals surface area contributed by atoms with Gasteiger partial charge in [-0.05, 0) is 48.4 Å². The average Bonchev–Trinajstić information content (AvgIpc) is 2.65. The summed E-state index contributed by atoms with van der Waals surface area (Å²) in [6.07, 6.45) is 0.534. The third-order valence-electron chi connectivity index (χ3n) is 4.19. The fourth-order valence-corrected chi connectivity index (χ4v) is 2.82. The molecule has 1 unspecified atom stereocenters. The number of aliphatic carboxylic acids is 1. The van der Waals surface area contributed by atoms with Gasteiger partial charge in [0.05, 0.1) is 5.92 Å². The molecule has 3 nitrogen and oxygen atoms in total. The summed E-state index contributed by atoms with van der Waals surface area (Å²) in [6.45, 7) is 1.73.